The first-order valence-corrected chi connectivity index (χ1v) is 17.6. The maximum Gasteiger partial charge on any atom is 0.386 e. The van der Waals surface area contributed by atoms with E-state index in [9.17, 15) is 13.9 Å². The molecular formula is C22H24FN11O8P2S. The van der Waals surface area contributed by atoms with Crippen LogP contribution in [0.3, 0.4) is 0 Å². The van der Waals surface area contributed by atoms with Crippen LogP contribution in [0.2, 0.25) is 0 Å². The van der Waals surface area contributed by atoms with E-state index in [0.29, 0.717) is 12.1 Å². The first-order chi connectivity index (χ1) is 21.7. The Morgan fingerprint density at radius 3 is 2.76 bits per heavy atom. The van der Waals surface area contributed by atoms with E-state index in [1.165, 1.54) is 34.3 Å². The van der Waals surface area contributed by atoms with Crippen molar-refractivity contribution in [1.29, 1.82) is 0 Å². The van der Waals surface area contributed by atoms with E-state index in [1.807, 2.05) is 0 Å². The fourth-order valence-corrected chi connectivity index (χ4v) is 8.32. The van der Waals surface area contributed by atoms with Crippen LogP contribution in [-0.2, 0) is 32.0 Å². The summed E-state index contributed by atoms with van der Waals surface area (Å²) in [6.45, 7) is -4.70. The monoisotopic (exact) mass is 683 g/mol. The summed E-state index contributed by atoms with van der Waals surface area (Å²) in [6, 6.07) is -0.272. The van der Waals surface area contributed by atoms with E-state index in [2.05, 4.69) is 47.4 Å². The minimum atomic E-state index is -4.16. The van der Waals surface area contributed by atoms with Gasteiger partial charge < -0.3 is 33.6 Å². The molecule has 0 bridgehead atoms. The molecule has 238 valence electrons. The number of anilines is 1. The number of H-pyrrole nitrogens is 1. The number of ether oxygens (including phenoxy) is 1. The highest BCUT2D eigenvalue weighted by molar-refractivity contribution is 8.44. The molecule has 0 radical (unpaired) electrons. The zero-order valence-corrected chi connectivity index (χ0v) is 25.6. The van der Waals surface area contributed by atoms with E-state index in [0.717, 1.165) is 0 Å². The van der Waals surface area contributed by atoms with E-state index in [-0.39, 0.29) is 64.9 Å². The molecule has 0 amide bonds. The summed E-state index contributed by atoms with van der Waals surface area (Å²) in [5, 5.41) is 7.67. The zero-order chi connectivity index (χ0) is 31.0. The molecule has 3 N–H and O–H groups in total. The summed E-state index contributed by atoms with van der Waals surface area (Å²) in [5.41, 5.74) is 6.52. The highest BCUT2D eigenvalue weighted by Crippen LogP contribution is 2.58. The van der Waals surface area contributed by atoms with Gasteiger partial charge in [-0.05, 0) is 12.3 Å². The average Bonchev–Trinajstić information content (AvgIpc) is 3.79. The molecule has 2 unspecified atom stereocenters. The third-order valence-electron chi connectivity index (χ3n) is 8.39. The molecule has 1 saturated carbocycles. The summed E-state index contributed by atoms with van der Waals surface area (Å²) in [5.74, 6) is -0.254. The third-order valence-corrected chi connectivity index (χ3v) is 10.8. The number of nitrogens with one attached hydrogen (secondary N) is 1. The summed E-state index contributed by atoms with van der Waals surface area (Å²) < 4.78 is 74.8. The van der Waals surface area contributed by atoms with Crippen LogP contribution in [0, 0.1) is 11.8 Å². The van der Waals surface area contributed by atoms with Crippen molar-refractivity contribution in [3.05, 3.63) is 35.7 Å². The number of rotatable bonds is 2. The smallest absolute Gasteiger partial charge is 0.382 e. The molecule has 19 nitrogen and oxygen atoms in total. The Kier molecular flexibility index (Phi) is 7.06. The highest BCUT2D eigenvalue weighted by Gasteiger charge is 2.51. The van der Waals surface area contributed by atoms with Gasteiger partial charge >= 0.3 is 15.1 Å². The maximum atomic E-state index is 16.0. The number of aromatic amines is 1. The summed E-state index contributed by atoms with van der Waals surface area (Å²) >= 11 is 4.12. The van der Waals surface area contributed by atoms with E-state index in [4.69, 9.17) is 28.6 Å². The van der Waals surface area contributed by atoms with Gasteiger partial charge in [-0.2, -0.15) is 0 Å². The minimum Gasteiger partial charge on any atom is -0.382 e. The van der Waals surface area contributed by atoms with Crippen LogP contribution in [0.1, 0.15) is 18.7 Å². The van der Waals surface area contributed by atoms with Crippen LogP contribution in [0.25, 0.3) is 28.1 Å². The van der Waals surface area contributed by atoms with Crippen molar-refractivity contribution in [2.75, 3.05) is 25.6 Å². The van der Waals surface area contributed by atoms with Crippen molar-refractivity contribution in [1.82, 2.24) is 48.7 Å². The molecule has 0 spiro atoms. The summed E-state index contributed by atoms with van der Waals surface area (Å²) in [7, 11) is -3.10. The fraction of sp³-hybridized carbons (Fsp3) is 0.500. The first-order valence-electron chi connectivity index (χ1n) is 13.6. The number of nitrogens with zero attached hydrogens (tertiary/aromatic N) is 9. The van der Waals surface area contributed by atoms with Crippen LogP contribution in [0.15, 0.2) is 30.1 Å². The number of hydrogen-bond donors (Lipinski definition) is 3. The highest BCUT2D eigenvalue weighted by atomic mass is 32.7. The quantitative estimate of drug-likeness (QED) is 0.177. The van der Waals surface area contributed by atoms with E-state index < -0.39 is 46.3 Å². The first kappa shape index (κ1) is 29.1. The van der Waals surface area contributed by atoms with Crippen molar-refractivity contribution >= 4 is 61.2 Å². The zero-order valence-electron chi connectivity index (χ0n) is 22.8. The number of nitrogens with two attached hydrogens (primary N) is 1. The lowest BCUT2D eigenvalue weighted by Crippen LogP contribution is -2.43. The third kappa shape index (κ3) is 4.89. The summed E-state index contributed by atoms with van der Waals surface area (Å²) in [6.07, 6.45) is -0.144. The Labute approximate surface area is 256 Å². The van der Waals surface area contributed by atoms with Gasteiger partial charge in [-0.25, -0.2) is 33.3 Å². The minimum absolute atomic E-state index is 0.0310. The second-order valence-corrected chi connectivity index (χ2v) is 14.8. The summed E-state index contributed by atoms with van der Waals surface area (Å²) in [4.78, 5) is 32.3. The largest absolute Gasteiger partial charge is 0.386 e. The second-order valence-electron chi connectivity index (χ2n) is 10.8. The average molecular weight is 684 g/mol. The number of thiol groups is 1. The number of hydrogen-bond acceptors (Lipinski definition) is 15. The predicted molar refractivity (Wildman–Crippen MR) is 154 cm³/mol. The van der Waals surface area contributed by atoms with Crippen molar-refractivity contribution in [3.8, 4) is 0 Å². The Bertz CT molecular complexity index is 2070. The molecule has 7 heterocycles. The van der Waals surface area contributed by atoms with Crippen LogP contribution in [0.5, 0.6) is 0 Å². The molecule has 8 rings (SSSR count). The molecule has 2 saturated heterocycles. The number of alkyl halides is 1. The maximum absolute atomic E-state index is 16.0. The van der Waals surface area contributed by atoms with Crippen molar-refractivity contribution in [2.24, 2.45) is 11.8 Å². The molecule has 45 heavy (non-hydrogen) atoms. The molecule has 1 aliphatic carbocycles. The lowest BCUT2D eigenvalue weighted by molar-refractivity contribution is -0.0405. The van der Waals surface area contributed by atoms with Crippen LogP contribution < -0.4 is 11.3 Å². The lowest BCUT2D eigenvalue weighted by Gasteiger charge is -2.45. The molecule has 23 heteroatoms. The number of fused-ring (bicyclic) bond motifs is 5. The Morgan fingerprint density at radius 1 is 1.09 bits per heavy atom. The topological polar surface area (TPSA) is 231 Å². The second kappa shape index (κ2) is 10.9. The Balaban J connectivity index is 1.04. The Hall–Kier alpha value is -3.29. The van der Waals surface area contributed by atoms with Gasteiger partial charge in [-0.15, -0.1) is 10.2 Å². The lowest BCUT2D eigenvalue weighted by atomic mass is 9.70. The number of halogens is 1. The van der Waals surface area contributed by atoms with Crippen molar-refractivity contribution < 1.29 is 36.4 Å². The van der Waals surface area contributed by atoms with Gasteiger partial charge in [0.2, 0.25) is 5.78 Å². The van der Waals surface area contributed by atoms with E-state index >= 15 is 4.39 Å². The van der Waals surface area contributed by atoms with Gasteiger partial charge in [0.1, 0.15) is 36.0 Å². The fourth-order valence-electron chi connectivity index (χ4n) is 6.08. The SMILES string of the molecule is Nc1ncnc2c1ncn2[C@@H]1O[C@@H]2CO[PH](=O)OC[C@@H]3[C@@H](COP(=O)(S)O[C@H]2[C@H]1F)C[C@H]3n1cnc2c(=O)n3cnnc3[nH]c21. The standard InChI is InChI=1S/C22H24FN11O8P2S/c23-13-16-12(41-21(13)33-7-27-14-17(24)25-5-26-18(14)33)4-39-43(36)38-3-10-9(2-40-44(37,45)42-16)1-11(10)32-6-28-15-19(32)30-22-31-29-8-34(22)20(15)35/h5-13,16,21,43H,1-4H2,(H,30,31)(H,37,45)(H2,24,25,26)/t9-,10-,11-,12-,13-,16-,21-,44?/m1/s1. The molecule has 3 aliphatic rings. The molecule has 9 atom stereocenters. The Morgan fingerprint density at radius 2 is 1.89 bits per heavy atom. The molecule has 3 fully saturated rings. The predicted octanol–water partition coefficient (Wildman–Crippen LogP) is 1.48. The van der Waals surface area contributed by atoms with Gasteiger partial charge in [-0.3, -0.25) is 18.5 Å². The van der Waals surface area contributed by atoms with Gasteiger partial charge in [-0.1, -0.05) is 12.2 Å². The van der Waals surface area contributed by atoms with Crippen molar-refractivity contribution in [2.45, 2.75) is 37.1 Å². The number of imidazole rings is 2. The molecule has 5 aromatic heterocycles. The van der Waals surface area contributed by atoms with Crippen molar-refractivity contribution in [3.63, 3.8) is 0 Å². The van der Waals surface area contributed by atoms with Gasteiger partial charge in [0.05, 0.1) is 32.5 Å². The normalized spacial score (nSPS) is 34.5. The number of aromatic nitrogens is 10. The molecule has 2 aliphatic heterocycles. The molecule has 0 aromatic carbocycles. The number of nitrogen functional groups attached to an aromatic ring is 1. The van der Waals surface area contributed by atoms with E-state index in [1.54, 1.807) is 4.57 Å². The van der Waals surface area contributed by atoms with Crippen LogP contribution in [-0.4, -0.2) is 86.9 Å². The van der Waals surface area contributed by atoms with Gasteiger partial charge in [0.25, 0.3) is 5.56 Å². The molecular weight excluding hydrogens is 659 g/mol. The van der Waals surface area contributed by atoms with Crippen LogP contribution in [0.4, 0.5) is 10.2 Å². The van der Waals surface area contributed by atoms with Crippen LogP contribution >= 0.6 is 27.3 Å². The van der Waals surface area contributed by atoms with Gasteiger partial charge in [0, 0.05) is 12.0 Å². The molecule has 5 aromatic rings. The van der Waals surface area contributed by atoms with Gasteiger partial charge in [0.15, 0.2) is 29.4 Å².